The van der Waals surface area contributed by atoms with Crippen LogP contribution in [0.5, 0.6) is 0 Å². The monoisotopic (exact) mass is 281 g/mol. The molecule has 0 aliphatic carbocycles. The maximum absolute atomic E-state index is 14.1. The molecular weight excluding hydrogens is 261 g/mol. The lowest BCUT2D eigenvalue weighted by molar-refractivity contribution is 0.199. The van der Waals surface area contributed by atoms with Gasteiger partial charge in [0.2, 0.25) is 0 Å². The summed E-state index contributed by atoms with van der Waals surface area (Å²) in [5.74, 6) is -0.248. The van der Waals surface area contributed by atoms with Crippen molar-refractivity contribution in [1.82, 2.24) is 4.90 Å². The Labute approximate surface area is 119 Å². The minimum absolute atomic E-state index is 0.231. The summed E-state index contributed by atoms with van der Waals surface area (Å²) in [7, 11) is 0. The summed E-state index contributed by atoms with van der Waals surface area (Å²) in [6.45, 7) is 8.03. The number of nitrogens with two attached hydrogens (primary N) is 1. The second-order valence-corrected chi connectivity index (χ2v) is 5.39. The van der Waals surface area contributed by atoms with Gasteiger partial charge in [-0.1, -0.05) is 19.1 Å². The summed E-state index contributed by atoms with van der Waals surface area (Å²) < 4.78 is 14.1. The van der Waals surface area contributed by atoms with Crippen molar-refractivity contribution in [2.75, 3.05) is 31.1 Å². The number of anilines is 1. The van der Waals surface area contributed by atoms with Crippen LogP contribution in [0.1, 0.15) is 19.4 Å². The summed E-state index contributed by atoms with van der Waals surface area (Å²) in [6.07, 6.45) is 0. The number of nitrogens with zero attached hydrogens (tertiary/aromatic N) is 2. The van der Waals surface area contributed by atoms with E-state index in [0.717, 1.165) is 26.2 Å². The number of hydrogen-bond acceptors (Lipinski definition) is 3. The van der Waals surface area contributed by atoms with Crippen LogP contribution in [-0.4, -0.2) is 42.1 Å². The molecule has 1 aromatic carbocycles. The Bertz CT molecular complexity index is 478. The normalized spacial score (nSPS) is 20.6. The Hall–Kier alpha value is -1.20. The van der Waals surface area contributed by atoms with E-state index in [0.29, 0.717) is 17.3 Å². The summed E-state index contributed by atoms with van der Waals surface area (Å²) >= 11 is 4.86. The minimum atomic E-state index is -0.248. The SMILES string of the molecule is CCN1CCN(c2ccc(C(N)=S)cc2F)CC1C. The van der Waals surface area contributed by atoms with Gasteiger partial charge in [0.1, 0.15) is 10.8 Å². The molecule has 3 nitrogen and oxygen atoms in total. The van der Waals surface area contributed by atoms with Crippen molar-refractivity contribution < 1.29 is 4.39 Å². The average molecular weight is 281 g/mol. The lowest BCUT2D eigenvalue weighted by Gasteiger charge is -2.40. The van der Waals surface area contributed by atoms with Gasteiger partial charge < -0.3 is 10.6 Å². The standard InChI is InChI=1S/C14H20FN3S/c1-3-17-6-7-18(9-10(17)2)13-5-4-11(14(16)19)8-12(13)15/h4-5,8,10H,3,6-7,9H2,1-2H3,(H2,16,19). The Morgan fingerprint density at radius 3 is 2.74 bits per heavy atom. The highest BCUT2D eigenvalue weighted by atomic mass is 32.1. The van der Waals surface area contributed by atoms with Crippen molar-refractivity contribution in [2.45, 2.75) is 19.9 Å². The van der Waals surface area contributed by atoms with E-state index in [-0.39, 0.29) is 10.8 Å². The van der Waals surface area contributed by atoms with Crippen LogP contribution in [0.25, 0.3) is 0 Å². The van der Waals surface area contributed by atoms with Crippen LogP contribution in [0.3, 0.4) is 0 Å². The van der Waals surface area contributed by atoms with Gasteiger partial charge in [-0.15, -0.1) is 0 Å². The number of rotatable bonds is 3. The Balaban J connectivity index is 2.17. The molecule has 1 atom stereocenters. The zero-order valence-electron chi connectivity index (χ0n) is 11.4. The average Bonchev–Trinajstić information content (AvgIpc) is 2.38. The molecule has 1 aromatic rings. The molecule has 1 unspecified atom stereocenters. The summed E-state index contributed by atoms with van der Waals surface area (Å²) in [5, 5.41) is 0. The van der Waals surface area contributed by atoms with Gasteiger partial charge in [-0.3, -0.25) is 4.90 Å². The smallest absolute Gasteiger partial charge is 0.147 e. The maximum Gasteiger partial charge on any atom is 0.147 e. The second-order valence-electron chi connectivity index (χ2n) is 4.95. The molecular formula is C14H20FN3S. The lowest BCUT2D eigenvalue weighted by atomic mass is 10.1. The molecule has 19 heavy (non-hydrogen) atoms. The first-order valence-corrected chi connectivity index (χ1v) is 7.02. The number of likely N-dealkylation sites (N-methyl/N-ethyl adjacent to an activating group) is 1. The number of hydrogen-bond donors (Lipinski definition) is 1. The van der Waals surface area contributed by atoms with E-state index in [1.165, 1.54) is 6.07 Å². The fourth-order valence-electron chi connectivity index (χ4n) is 2.60. The molecule has 0 aromatic heterocycles. The highest BCUT2D eigenvalue weighted by Gasteiger charge is 2.24. The largest absolute Gasteiger partial charge is 0.389 e. The van der Waals surface area contributed by atoms with Crippen molar-refractivity contribution in [1.29, 1.82) is 0 Å². The van der Waals surface area contributed by atoms with Gasteiger partial charge in [-0.05, 0) is 31.7 Å². The highest BCUT2D eigenvalue weighted by Crippen LogP contribution is 2.23. The molecule has 0 amide bonds. The van der Waals surface area contributed by atoms with Crippen molar-refractivity contribution >= 4 is 22.9 Å². The fraction of sp³-hybridized carbons (Fsp3) is 0.500. The molecule has 104 valence electrons. The van der Waals surface area contributed by atoms with Gasteiger partial charge >= 0.3 is 0 Å². The van der Waals surface area contributed by atoms with E-state index in [4.69, 9.17) is 18.0 Å². The molecule has 1 heterocycles. The first-order chi connectivity index (χ1) is 9.02. The first kappa shape index (κ1) is 14.2. The molecule has 0 saturated carbocycles. The summed E-state index contributed by atoms with van der Waals surface area (Å²) in [6, 6.07) is 5.43. The van der Waals surface area contributed by atoms with Gasteiger partial charge in [0, 0.05) is 31.2 Å². The number of benzene rings is 1. The van der Waals surface area contributed by atoms with Crippen molar-refractivity contribution in [3.05, 3.63) is 29.6 Å². The molecule has 0 radical (unpaired) electrons. The van der Waals surface area contributed by atoms with Gasteiger partial charge in [0.15, 0.2) is 0 Å². The van der Waals surface area contributed by atoms with E-state index in [1.54, 1.807) is 12.1 Å². The van der Waals surface area contributed by atoms with E-state index in [2.05, 4.69) is 23.6 Å². The molecule has 0 bridgehead atoms. The van der Waals surface area contributed by atoms with E-state index in [1.807, 2.05) is 0 Å². The number of piperazine rings is 1. The molecule has 2 N–H and O–H groups in total. The van der Waals surface area contributed by atoms with Gasteiger partial charge in [0.25, 0.3) is 0 Å². The molecule has 1 aliphatic rings. The van der Waals surface area contributed by atoms with Gasteiger partial charge in [-0.2, -0.15) is 0 Å². The van der Waals surface area contributed by atoms with E-state index < -0.39 is 0 Å². The maximum atomic E-state index is 14.1. The van der Waals surface area contributed by atoms with Crippen LogP contribution in [0.2, 0.25) is 0 Å². The quantitative estimate of drug-likeness (QED) is 0.859. The molecule has 1 fully saturated rings. The molecule has 1 saturated heterocycles. The van der Waals surface area contributed by atoms with E-state index in [9.17, 15) is 4.39 Å². The van der Waals surface area contributed by atoms with Crippen LogP contribution in [-0.2, 0) is 0 Å². The van der Waals surface area contributed by atoms with Crippen molar-refractivity contribution in [3.63, 3.8) is 0 Å². The lowest BCUT2D eigenvalue weighted by Crippen LogP contribution is -2.52. The van der Waals surface area contributed by atoms with Crippen LogP contribution in [0.15, 0.2) is 18.2 Å². The fourth-order valence-corrected chi connectivity index (χ4v) is 2.73. The minimum Gasteiger partial charge on any atom is -0.389 e. The Kier molecular flexibility index (Phi) is 4.37. The topological polar surface area (TPSA) is 32.5 Å². The third kappa shape index (κ3) is 3.04. The van der Waals surface area contributed by atoms with Crippen LogP contribution >= 0.6 is 12.2 Å². The highest BCUT2D eigenvalue weighted by molar-refractivity contribution is 7.80. The van der Waals surface area contributed by atoms with Crippen molar-refractivity contribution in [2.24, 2.45) is 5.73 Å². The van der Waals surface area contributed by atoms with Crippen molar-refractivity contribution in [3.8, 4) is 0 Å². The predicted octanol–water partition coefficient (Wildman–Crippen LogP) is 1.99. The molecule has 5 heteroatoms. The number of thiocarbonyl (C=S) groups is 1. The Morgan fingerprint density at radius 1 is 1.47 bits per heavy atom. The van der Waals surface area contributed by atoms with Crippen LogP contribution in [0, 0.1) is 5.82 Å². The molecule has 2 rings (SSSR count). The zero-order valence-corrected chi connectivity index (χ0v) is 12.2. The van der Waals surface area contributed by atoms with E-state index >= 15 is 0 Å². The van der Waals surface area contributed by atoms with Gasteiger partial charge in [-0.25, -0.2) is 4.39 Å². The molecule has 1 aliphatic heterocycles. The summed E-state index contributed by atoms with van der Waals surface area (Å²) in [4.78, 5) is 4.72. The third-order valence-corrected chi connectivity index (χ3v) is 3.98. The first-order valence-electron chi connectivity index (χ1n) is 6.61. The zero-order chi connectivity index (χ0) is 14.0. The van der Waals surface area contributed by atoms with Gasteiger partial charge in [0.05, 0.1) is 5.69 Å². The van der Waals surface area contributed by atoms with Crippen LogP contribution in [0.4, 0.5) is 10.1 Å². The Morgan fingerprint density at radius 2 is 2.21 bits per heavy atom. The van der Waals surface area contributed by atoms with Crippen LogP contribution < -0.4 is 10.6 Å². The third-order valence-electron chi connectivity index (χ3n) is 3.74. The molecule has 0 spiro atoms. The number of halogens is 1. The predicted molar refractivity (Wildman–Crippen MR) is 81.2 cm³/mol. The second kappa shape index (κ2) is 5.84. The summed E-state index contributed by atoms with van der Waals surface area (Å²) in [5.41, 5.74) is 6.74.